The molecule has 312 valence electrons. The van der Waals surface area contributed by atoms with Crippen molar-refractivity contribution in [3.05, 3.63) is 119 Å². The Kier molecular flexibility index (Phi) is 15.7. The summed E-state index contributed by atoms with van der Waals surface area (Å²) in [6.07, 6.45) is 14.4. The summed E-state index contributed by atoms with van der Waals surface area (Å²) in [5.41, 5.74) is 6.75. The van der Waals surface area contributed by atoms with E-state index >= 15 is 0 Å². The number of amides is 2. The Balaban J connectivity index is 1.61. The predicted molar refractivity (Wildman–Crippen MR) is 241 cm³/mol. The van der Waals surface area contributed by atoms with E-state index < -0.39 is 0 Å². The number of aryl methyl sites for hydroxylation is 1. The lowest BCUT2D eigenvalue weighted by Gasteiger charge is -2.31. The van der Waals surface area contributed by atoms with Crippen molar-refractivity contribution in [3.8, 4) is 5.75 Å². The van der Waals surface area contributed by atoms with E-state index in [-0.39, 0.29) is 34.5 Å². The van der Waals surface area contributed by atoms with Crippen LogP contribution in [0.2, 0.25) is 0 Å². The first-order valence-corrected chi connectivity index (χ1v) is 21.4. The summed E-state index contributed by atoms with van der Waals surface area (Å²) < 4.78 is 7.80. The number of nitrogens with one attached hydrogen (secondary N) is 2. The molecule has 0 saturated carbocycles. The summed E-state index contributed by atoms with van der Waals surface area (Å²) in [7, 11) is 1.65. The van der Waals surface area contributed by atoms with Crippen molar-refractivity contribution in [2.24, 2.45) is 11.8 Å². The van der Waals surface area contributed by atoms with E-state index in [0.29, 0.717) is 34.4 Å². The van der Waals surface area contributed by atoms with E-state index in [9.17, 15) is 19.5 Å². The first-order valence-electron chi connectivity index (χ1n) is 21.4. The van der Waals surface area contributed by atoms with Gasteiger partial charge in [0.1, 0.15) is 11.5 Å². The van der Waals surface area contributed by atoms with Gasteiger partial charge in [0, 0.05) is 67.0 Å². The van der Waals surface area contributed by atoms with Gasteiger partial charge in [-0.05, 0) is 80.1 Å². The molecule has 0 heterocycles. The Morgan fingerprint density at radius 3 is 2.12 bits per heavy atom. The SMILES string of the molecule is CCCCC(CC)CN(c1cccc(C)c1)c1ccc(C2=C(O)C(=C3C=CC(=[N+](CC(CC)CCCC)c4cccc(OC)c4)C=C3NC(C)=O)C2=O)c(NC(C)=O)c1. The van der Waals surface area contributed by atoms with Crippen molar-refractivity contribution in [2.45, 2.75) is 99.8 Å². The molecule has 0 saturated heterocycles. The molecular weight excluding hydrogens is 737 g/mol. The Morgan fingerprint density at radius 1 is 0.814 bits per heavy atom. The number of carbonyl (C=O) groups is 3. The number of carbonyl (C=O) groups excluding carboxylic acids is 3. The molecule has 2 aliphatic carbocycles. The van der Waals surface area contributed by atoms with Gasteiger partial charge in [0.05, 0.1) is 35.7 Å². The number of hydrogen-bond acceptors (Lipinski definition) is 6. The summed E-state index contributed by atoms with van der Waals surface area (Å²) in [6.45, 7) is 15.3. The second kappa shape index (κ2) is 20.8. The van der Waals surface area contributed by atoms with E-state index in [1.165, 1.54) is 13.8 Å². The molecule has 2 aliphatic rings. The number of anilines is 3. The maximum atomic E-state index is 14.3. The predicted octanol–water partition coefficient (Wildman–Crippen LogP) is 11.1. The van der Waals surface area contributed by atoms with Crippen LogP contribution in [0.5, 0.6) is 5.75 Å². The van der Waals surface area contributed by atoms with Gasteiger partial charge in [-0.2, -0.15) is 4.58 Å². The van der Waals surface area contributed by atoms with Crippen LogP contribution in [0.3, 0.4) is 0 Å². The molecule has 3 aromatic carbocycles. The van der Waals surface area contributed by atoms with Crippen molar-refractivity contribution < 1.29 is 28.8 Å². The molecule has 0 radical (unpaired) electrons. The molecule has 3 N–H and O–H groups in total. The van der Waals surface area contributed by atoms with Crippen molar-refractivity contribution in [1.82, 2.24) is 5.32 Å². The first kappa shape index (κ1) is 44.4. The molecular formula is C50H63N4O5+. The molecule has 3 aromatic rings. The number of nitrogens with zero attached hydrogens (tertiary/aromatic N) is 2. The zero-order chi connectivity index (χ0) is 42.6. The molecule has 2 atom stereocenters. The fourth-order valence-electron chi connectivity index (χ4n) is 7.97. The minimum Gasteiger partial charge on any atom is -0.506 e. The fourth-order valence-corrected chi connectivity index (χ4v) is 7.97. The zero-order valence-electron chi connectivity index (χ0n) is 36.3. The third-order valence-corrected chi connectivity index (χ3v) is 11.4. The monoisotopic (exact) mass is 799 g/mol. The Labute approximate surface area is 351 Å². The van der Waals surface area contributed by atoms with Crippen molar-refractivity contribution in [3.63, 3.8) is 0 Å². The van der Waals surface area contributed by atoms with Crippen LogP contribution in [0, 0.1) is 18.8 Å². The van der Waals surface area contributed by atoms with Gasteiger partial charge in [0.25, 0.3) is 0 Å². The molecule has 0 bridgehead atoms. The number of hydrogen-bond donors (Lipinski definition) is 3. The van der Waals surface area contributed by atoms with Crippen molar-refractivity contribution in [1.29, 1.82) is 0 Å². The van der Waals surface area contributed by atoms with Crippen molar-refractivity contribution >= 4 is 51.6 Å². The highest BCUT2D eigenvalue weighted by Gasteiger charge is 2.40. The highest BCUT2D eigenvalue weighted by Crippen LogP contribution is 2.44. The number of aliphatic hydroxyl groups excluding tert-OH is 1. The van der Waals surface area contributed by atoms with Crippen molar-refractivity contribution in [2.75, 3.05) is 30.4 Å². The molecule has 2 unspecified atom stereocenters. The normalized spacial score (nSPS) is 16.9. The summed E-state index contributed by atoms with van der Waals surface area (Å²) in [4.78, 5) is 41.9. The number of ketones is 1. The molecule has 0 aliphatic heterocycles. The minimum absolute atomic E-state index is 0.110. The second-order valence-electron chi connectivity index (χ2n) is 15.8. The van der Waals surface area contributed by atoms with E-state index in [0.717, 1.165) is 98.5 Å². The molecule has 5 rings (SSSR count). The van der Waals surface area contributed by atoms with E-state index in [4.69, 9.17) is 4.74 Å². The van der Waals surface area contributed by atoms with Crippen LogP contribution < -0.4 is 20.3 Å². The van der Waals surface area contributed by atoms with Gasteiger partial charge in [-0.25, -0.2) is 0 Å². The second-order valence-corrected chi connectivity index (χ2v) is 15.8. The summed E-state index contributed by atoms with van der Waals surface area (Å²) in [5.74, 6) is 0.450. The first-order chi connectivity index (χ1) is 28.4. The third kappa shape index (κ3) is 10.9. The third-order valence-electron chi connectivity index (χ3n) is 11.4. The smallest absolute Gasteiger partial charge is 0.221 e. The van der Waals surface area contributed by atoms with Gasteiger partial charge in [-0.3, -0.25) is 14.4 Å². The number of benzene rings is 3. The quantitative estimate of drug-likeness (QED) is 0.0822. The maximum absolute atomic E-state index is 14.3. The topological polar surface area (TPSA) is 111 Å². The van der Waals surface area contributed by atoms with Gasteiger partial charge < -0.3 is 25.4 Å². The van der Waals surface area contributed by atoms with E-state index in [2.05, 4.69) is 79.0 Å². The lowest BCUT2D eigenvalue weighted by Crippen LogP contribution is -2.30. The maximum Gasteiger partial charge on any atom is 0.221 e. The largest absolute Gasteiger partial charge is 0.506 e. The molecule has 9 heteroatoms. The van der Waals surface area contributed by atoms with Gasteiger partial charge in [-0.1, -0.05) is 78.0 Å². The number of rotatable bonds is 19. The summed E-state index contributed by atoms with van der Waals surface area (Å²) in [5, 5.41) is 17.7. The summed E-state index contributed by atoms with van der Waals surface area (Å²) in [6, 6.07) is 21.9. The Bertz CT molecular complexity index is 2190. The Morgan fingerprint density at radius 2 is 1.49 bits per heavy atom. The molecule has 2 amide bonds. The number of Topliss-reactive ketones (excluding diaryl/α,β-unsaturated/α-hetero) is 1. The van der Waals surface area contributed by atoms with Crippen LogP contribution in [-0.2, 0) is 14.4 Å². The fraction of sp³-hybridized carbons (Fsp3) is 0.400. The average Bonchev–Trinajstić information content (AvgIpc) is 3.22. The van der Waals surface area contributed by atoms with Gasteiger partial charge >= 0.3 is 0 Å². The number of ether oxygens (including phenoxy) is 1. The van der Waals surface area contributed by atoms with Gasteiger partial charge in [0.15, 0.2) is 6.54 Å². The lowest BCUT2D eigenvalue weighted by molar-refractivity contribution is -0.448. The molecule has 0 fully saturated rings. The number of methoxy groups -OCH3 is 1. The zero-order valence-corrected chi connectivity index (χ0v) is 36.3. The van der Waals surface area contributed by atoms with E-state index in [1.54, 1.807) is 13.2 Å². The Hall–Kier alpha value is -5.70. The number of unbranched alkanes of at least 4 members (excludes halogenated alkanes) is 2. The number of aliphatic hydroxyl groups is 1. The highest BCUT2D eigenvalue weighted by atomic mass is 16.5. The van der Waals surface area contributed by atoms with Crippen LogP contribution in [0.1, 0.15) is 104 Å². The van der Waals surface area contributed by atoms with Gasteiger partial charge in [-0.15, -0.1) is 0 Å². The minimum atomic E-state index is -0.377. The van der Waals surface area contributed by atoms with E-state index in [1.807, 2.05) is 54.6 Å². The molecule has 59 heavy (non-hydrogen) atoms. The standard InChI is InChI=1S/C50H62N4O5/c1-9-13-18-36(11-3)31-53(38-20-15-17-33(5)27-38)40-23-25-43(45(29-40)51-34(6)55)47-49(57)48(50(47)58)44-26-24-41(30-46(44)52-35(7)56)54(32-37(12-4)19-14-10-2)39-21-16-22-42(28-39)59-8/h15-17,20-30,36-37H,9-14,18-19,31-32H2,1-8H3,(H2,51,52,55,56,57,58)/p+1. The van der Waals surface area contributed by atoms with Gasteiger partial charge in [0.2, 0.25) is 29.0 Å². The van der Waals surface area contributed by atoms with Crippen LogP contribution >= 0.6 is 0 Å². The molecule has 0 aromatic heterocycles. The summed E-state index contributed by atoms with van der Waals surface area (Å²) >= 11 is 0. The average molecular weight is 800 g/mol. The lowest BCUT2D eigenvalue weighted by atomic mass is 9.78. The molecule has 0 spiro atoms. The van der Waals surface area contributed by atoms with Crippen LogP contribution in [0.4, 0.5) is 22.7 Å². The highest BCUT2D eigenvalue weighted by molar-refractivity contribution is 6.40. The molecule has 9 nitrogen and oxygen atoms in total. The number of allylic oxidation sites excluding steroid dienone is 5. The van der Waals surface area contributed by atoms with Crippen LogP contribution in [0.15, 0.2) is 108 Å². The van der Waals surface area contributed by atoms with Crippen LogP contribution in [-0.4, -0.2) is 53.2 Å². The van der Waals surface area contributed by atoms with Crippen LogP contribution in [0.25, 0.3) is 5.57 Å².